The van der Waals surface area contributed by atoms with Crippen LogP contribution in [-0.4, -0.2) is 23.6 Å². The zero-order valence-corrected chi connectivity index (χ0v) is 12.3. The minimum absolute atomic E-state index is 0.0333. The molecule has 23 heavy (non-hydrogen) atoms. The van der Waals surface area contributed by atoms with Gasteiger partial charge < -0.3 is 15.4 Å². The molecule has 0 unspecified atom stereocenters. The molecular weight excluding hydrogens is 316 g/mol. The minimum atomic E-state index is -4.59. The third kappa shape index (κ3) is 3.99. The second-order valence-corrected chi connectivity index (χ2v) is 4.32. The molecule has 0 saturated heterocycles. The molecule has 0 fully saturated rings. The van der Waals surface area contributed by atoms with E-state index in [2.05, 4.69) is 26.7 Å². The highest BCUT2D eigenvalue weighted by Gasteiger charge is 2.35. The van der Waals surface area contributed by atoms with Crippen LogP contribution in [0.3, 0.4) is 0 Å². The third-order valence-corrected chi connectivity index (χ3v) is 2.75. The molecular formula is C14H13F4N4O. The van der Waals surface area contributed by atoms with E-state index in [-0.39, 0.29) is 17.4 Å². The van der Waals surface area contributed by atoms with Crippen LogP contribution in [0.5, 0.6) is 5.75 Å². The SMILES string of the molecule is CCOc1[c]cc(F)c(Nc2ncc(C(F)(F)F)c(NC)n2)c1. The number of halogens is 4. The molecule has 0 aliphatic carbocycles. The summed E-state index contributed by atoms with van der Waals surface area (Å²) in [6.45, 7) is 2.12. The highest BCUT2D eigenvalue weighted by molar-refractivity contribution is 5.59. The average molecular weight is 329 g/mol. The lowest BCUT2D eigenvalue weighted by Crippen LogP contribution is -2.12. The Morgan fingerprint density at radius 3 is 2.70 bits per heavy atom. The number of nitrogens with one attached hydrogen (secondary N) is 2. The van der Waals surface area contributed by atoms with Crippen LogP contribution < -0.4 is 15.4 Å². The summed E-state index contributed by atoms with van der Waals surface area (Å²) in [6, 6.07) is 4.95. The van der Waals surface area contributed by atoms with Gasteiger partial charge in [0.1, 0.15) is 22.9 Å². The monoisotopic (exact) mass is 329 g/mol. The lowest BCUT2D eigenvalue weighted by atomic mass is 10.3. The van der Waals surface area contributed by atoms with E-state index in [0.717, 1.165) is 6.07 Å². The molecule has 1 radical (unpaired) electrons. The Morgan fingerprint density at radius 2 is 2.09 bits per heavy atom. The first-order chi connectivity index (χ1) is 10.8. The molecule has 2 rings (SSSR count). The van der Waals surface area contributed by atoms with Crippen molar-refractivity contribution >= 4 is 17.5 Å². The van der Waals surface area contributed by atoms with Gasteiger partial charge >= 0.3 is 6.18 Å². The van der Waals surface area contributed by atoms with E-state index in [4.69, 9.17) is 4.74 Å². The number of hydrogen-bond donors (Lipinski definition) is 2. The standard InChI is InChI=1S/C14H13F4N4O/c1-3-23-8-4-5-10(15)11(6-8)21-13-20-7-9(14(16,17)18)12(19-2)22-13/h5-7H,3H2,1-2H3,(H2,19,20,21,22). The molecule has 123 valence electrons. The van der Waals surface area contributed by atoms with Gasteiger partial charge in [0.2, 0.25) is 5.95 Å². The molecule has 0 aliphatic rings. The fourth-order valence-electron chi connectivity index (χ4n) is 1.75. The van der Waals surface area contributed by atoms with Crippen molar-refractivity contribution in [3.63, 3.8) is 0 Å². The summed E-state index contributed by atoms with van der Waals surface area (Å²) < 4.78 is 57.3. The van der Waals surface area contributed by atoms with Crippen molar-refractivity contribution in [3.05, 3.63) is 35.8 Å². The number of hydrogen-bond acceptors (Lipinski definition) is 5. The summed E-state index contributed by atoms with van der Waals surface area (Å²) in [4.78, 5) is 7.26. The maximum absolute atomic E-state index is 13.7. The van der Waals surface area contributed by atoms with Crippen molar-refractivity contribution in [3.8, 4) is 5.75 Å². The van der Waals surface area contributed by atoms with E-state index < -0.39 is 23.4 Å². The molecule has 2 aromatic rings. The summed E-state index contributed by atoms with van der Waals surface area (Å²) >= 11 is 0. The Kier molecular flexibility index (Phi) is 4.87. The number of rotatable bonds is 5. The lowest BCUT2D eigenvalue weighted by molar-refractivity contribution is -0.137. The van der Waals surface area contributed by atoms with E-state index in [1.165, 1.54) is 13.1 Å². The van der Waals surface area contributed by atoms with Crippen molar-refractivity contribution in [1.82, 2.24) is 9.97 Å². The van der Waals surface area contributed by atoms with Crippen molar-refractivity contribution in [1.29, 1.82) is 0 Å². The van der Waals surface area contributed by atoms with Crippen molar-refractivity contribution in [2.24, 2.45) is 0 Å². The van der Waals surface area contributed by atoms with Crippen LogP contribution in [0.1, 0.15) is 12.5 Å². The summed E-state index contributed by atoms with van der Waals surface area (Å²) in [6.07, 6.45) is -3.97. The molecule has 5 nitrogen and oxygen atoms in total. The average Bonchev–Trinajstić information content (AvgIpc) is 2.49. The van der Waals surface area contributed by atoms with Crippen LogP contribution in [0.15, 0.2) is 18.3 Å². The summed E-state index contributed by atoms with van der Waals surface area (Å²) in [5.41, 5.74) is -1.04. The van der Waals surface area contributed by atoms with Crippen LogP contribution in [0.25, 0.3) is 0 Å². The highest BCUT2D eigenvalue weighted by Crippen LogP contribution is 2.34. The minimum Gasteiger partial charge on any atom is -0.493 e. The van der Waals surface area contributed by atoms with Crippen molar-refractivity contribution in [2.45, 2.75) is 13.1 Å². The van der Waals surface area contributed by atoms with Gasteiger partial charge in [-0.3, -0.25) is 0 Å². The van der Waals surface area contributed by atoms with Crippen molar-refractivity contribution < 1.29 is 22.3 Å². The number of aromatic nitrogens is 2. The molecule has 1 aromatic carbocycles. The van der Waals surface area contributed by atoms with Gasteiger partial charge in [-0.05, 0) is 13.0 Å². The van der Waals surface area contributed by atoms with Crippen LogP contribution >= 0.6 is 0 Å². The number of ether oxygens (including phenoxy) is 1. The van der Waals surface area contributed by atoms with Crippen LogP contribution in [0, 0.1) is 11.9 Å². The summed E-state index contributed by atoms with van der Waals surface area (Å²) in [7, 11) is 1.30. The zero-order valence-electron chi connectivity index (χ0n) is 12.3. The number of anilines is 3. The number of nitrogens with zero attached hydrogens (tertiary/aromatic N) is 2. The van der Waals surface area contributed by atoms with Crippen LogP contribution in [0.4, 0.5) is 35.0 Å². The normalized spacial score (nSPS) is 11.2. The van der Waals surface area contributed by atoms with E-state index in [1.54, 1.807) is 6.92 Å². The third-order valence-electron chi connectivity index (χ3n) is 2.75. The Labute approximate surface area is 129 Å². The molecule has 0 spiro atoms. The van der Waals surface area contributed by atoms with E-state index in [9.17, 15) is 17.6 Å². The quantitative estimate of drug-likeness (QED) is 0.821. The Bertz CT molecular complexity index is 691. The maximum atomic E-state index is 13.7. The molecule has 1 aromatic heterocycles. The molecule has 9 heteroatoms. The maximum Gasteiger partial charge on any atom is 0.421 e. The largest absolute Gasteiger partial charge is 0.493 e. The summed E-state index contributed by atoms with van der Waals surface area (Å²) in [5.74, 6) is -0.974. The smallest absolute Gasteiger partial charge is 0.421 e. The van der Waals surface area contributed by atoms with Crippen molar-refractivity contribution in [2.75, 3.05) is 24.3 Å². The second-order valence-electron chi connectivity index (χ2n) is 4.32. The van der Waals surface area contributed by atoms with Gasteiger partial charge in [0.15, 0.2) is 0 Å². The van der Waals surface area contributed by atoms with E-state index in [1.807, 2.05) is 0 Å². The van der Waals surface area contributed by atoms with Gasteiger partial charge in [0.05, 0.1) is 12.3 Å². The van der Waals surface area contributed by atoms with Crippen LogP contribution in [-0.2, 0) is 6.18 Å². The topological polar surface area (TPSA) is 59.1 Å². The Hall–Kier alpha value is -2.58. The first-order valence-electron chi connectivity index (χ1n) is 6.58. The van der Waals surface area contributed by atoms with Gasteiger partial charge in [-0.15, -0.1) is 0 Å². The Morgan fingerprint density at radius 1 is 1.35 bits per heavy atom. The zero-order chi connectivity index (χ0) is 17.0. The highest BCUT2D eigenvalue weighted by atomic mass is 19.4. The van der Waals surface area contributed by atoms with Gasteiger partial charge in [0, 0.05) is 25.4 Å². The second kappa shape index (κ2) is 6.67. The molecule has 0 amide bonds. The molecule has 0 aliphatic heterocycles. The van der Waals surface area contributed by atoms with E-state index >= 15 is 0 Å². The first-order valence-corrected chi connectivity index (χ1v) is 6.58. The lowest BCUT2D eigenvalue weighted by Gasteiger charge is -2.13. The molecule has 0 saturated carbocycles. The molecule has 2 N–H and O–H groups in total. The fourth-order valence-corrected chi connectivity index (χ4v) is 1.75. The van der Waals surface area contributed by atoms with Gasteiger partial charge in [0.25, 0.3) is 0 Å². The summed E-state index contributed by atoms with van der Waals surface area (Å²) in [5, 5.41) is 4.86. The van der Waals surface area contributed by atoms with E-state index in [0.29, 0.717) is 12.8 Å². The molecule has 0 bridgehead atoms. The van der Waals surface area contributed by atoms with Crippen LogP contribution in [0.2, 0.25) is 0 Å². The fraction of sp³-hybridized carbons (Fsp3) is 0.286. The first kappa shape index (κ1) is 16.8. The van der Waals surface area contributed by atoms with Gasteiger partial charge in [-0.1, -0.05) is 0 Å². The van der Waals surface area contributed by atoms with Gasteiger partial charge in [-0.2, -0.15) is 18.2 Å². The predicted octanol–water partition coefficient (Wildman–Crippen LogP) is 3.62. The predicted molar refractivity (Wildman–Crippen MR) is 76.3 cm³/mol. The van der Waals surface area contributed by atoms with Gasteiger partial charge in [-0.25, -0.2) is 9.37 Å². The Balaban J connectivity index is 2.32. The molecule has 1 heterocycles. The molecule has 0 atom stereocenters. The number of alkyl halides is 3. The number of benzene rings is 1.